The van der Waals surface area contributed by atoms with Crippen LogP contribution in [0.15, 0.2) is 0 Å². The van der Waals surface area contributed by atoms with E-state index in [1.807, 2.05) is 0 Å². The van der Waals surface area contributed by atoms with Crippen LogP contribution in [0.25, 0.3) is 0 Å². The zero-order valence-electron chi connectivity index (χ0n) is 5.21. The van der Waals surface area contributed by atoms with Crippen LogP contribution in [-0.4, -0.2) is 51.6 Å². The smallest absolute Gasteiger partial charge is 0.183 e. The molecule has 1 saturated heterocycles. The molecule has 1 aliphatic rings. The van der Waals surface area contributed by atoms with Crippen molar-refractivity contribution in [2.45, 2.75) is 24.6 Å². The Morgan fingerprint density at radius 2 is 1.60 bits per heavy atom. The Hall–Kier alpha value is -0.200. The van der Waals surface area contributed by atoms with Gasteiger partial charge in [0.1, 0.15) is 18.3 Å². The van der Waals surface area contributed by atoms with Gasteiger partial charge in [0.25, 0.3) is 0 Å². The molecule has 0 aromatic carbocycles. The fourth-order valence-corrected chi connectivity index (χ4v) is 0.791. The summed E-state index contributed by atoms with van der Waals surface area (Å²) in [5.74, 6) is 0. The SMILES string of the molecule is OC1OC[C@H](O)C(O)[C@H]1O. The van der Waals surface area contributed by atoms with Gasteiger partial charge in [0.15, 0.2) is 6.29 Å². The van der Waals surface area contributed by atoms with E-state index in [0.29, 0.717) is 0 Å². The summed E-state index contributed by atoms with van der Waals surface area (Å²) in [6.45, 7) is -0.153. The number of aliphatic hydroxyl groups excluding tert-OH is 4. The Kier molecular flexibility index (Phi) is 2.22. The summed E-state index contributed by atoms with van der Waals surface area (Å²) in [7, 11) is 0. The molecule has 0 aliphatic carbocycles. The number of ether oxygens (including phenoxy) is 1. The predicted octanol–water partition coefficient (Wildman–Crippen LogP) is -2.58. The van der Waals surface area contributed by atoms with Gasteiger partial charge in [-0.05, 0) is 0 Å². The summed E-state index contributed by atoms with van der Waals surface area (Å²) in [6, 6.07) is 0. The minimum atomic E-state index is -1.41. The fraction of sp³-hybridized carbons (Fsp3) is 1.00. The largest absolute Gasteiger partial charge is 0.388 e. The number of hydrogen-bond acceptors (Lipinski definition) is 5. The van der Waals surface area contributed by atoms with Crippen molar-refractivity contribution in [3.63, 3.8) is 0 Å². The lowest BCUT2D eigenvalue weighted by atomic mass is 10.1. The first-order valence-electron chi connectivity index (χ1n) is 2.97. The van der Waals surface area contributed by atoms with Gasteiger partial charge in [-0.2, -0.15) is 0 Å². The van der Waals surface area contributed by atoms with Crippen molar-refractivity contribution in [2.24, 2.45) is 0 Å². The Bertz CT molecular complexity index is 103. The maximum Gasteiger partial charge on any atom is 0.183 e. The van der Waals surface area contributed by atoms with Crippen LogP contribution < -0.4 is 0 Å². The van der Waals surface area contributed by atoms with Crippen LogP contribution in [0.5, 0.6) is 0 Å². The minimum Gasteiger partial charge on any atom is -0.388 e. The minimum absolute atomic E-state index is 0.153. The predicted molar refractivity (Wildman–Crippen MR) is 30.0 cm³/mol. The van der Waals surface area contributed by atoms with Crippen LogP contribution in [0.4, 0.5) is 0 Å². The second-order valence-corrected chi connectivity index (χ2v) is 2.27. The van der Waals surface area contributed by atoms with Crippen molar-refractivity contribution >= 4 is 0 Å². The standard InChI is InChI=1S/C5H10O5/c6-2-1-10-5(9)4(8)3(2)7/h2-9H,1H2/t2-,3?,4+,5?/m0/s1. The van der Waals surface area contributed by atoms with Gasteiger partial charge in [-0.1, -0.05) is 0 Å². The second-order valence-electron chi connectivity index (χ2n) is 2.27. The number of rotatable bonds is 0. The highest BCUT2D eigenvalue weighted by molar-refractivity contribution is 4.81. The lowest BCUT2D eigenvalue weighted by Gasteiger charge is -2.31. The normalized spacial score (nSPS) is 49.2. The summed E-state index contributed by atoms with van der Waals surface area (Å²) in [5, 5.41) is 35.3. The maximum atomic E-state index is 8.88. The van der Waals surface area contributed by atoms with E-state index < -0.39 is 24.6 Å². The van der Waals surface area contributed by atoms with Crippen LogP contribution in [0.3, 0.4) is 0 Å². The summed E-state index contributed by atoms with van der Waals surface area (Å²) < 4.78 is 4.47. The van der Waals surface area contributed by atoms with Gasteiger partial charge in [0.2, 0.25) is 0 Å². The topological polar surface area (TPSA) is 90.2 Å². The van der Waals surface area contributed by atoms with E-state index in [1.54, 1.807) is 0 Å². The molecule has 0 saturated carbocycles. The van der Waals surface area contributed by atoms with E-state index in [4.69, 9.17) is 20.4 Å². The van der Waals surface area contributed by atoms with Crippen molar-refractivity contribution in [3.05, 3.63) is 0 Å². The van der Waals surface area contributed by atoms with Gasteiger partial charge >= 0.3 is 0 Å². The van der Waals surface area contributed by atoms with Crippen molar-refractivity contribution in [1.29, 1.82) is 0 Å². The summed E-state index contributed by atoms with van der Waals surface area (Å²) in [6.07, 6.45) is -5.23. The summed E-state index contributed by atoms with van der Waals surface area (Å²) in [5.41, 5.74) is 0. The van der Waals surface area contributed by atoms with E-state index in [1.165, 1.54) is 0 Å². The van der Waals surface area contributed by atoms with Gasteiger partial charge in [0.05, 0.1) is 6.61 Å². The zero-order valence-corrected chi connectivity index (χ0v) is 5.21. The molecule has 2 unspecified atom stereocenters. The molecule has 0 aromatic rings. The van der Waals surface area contributed by atoms with Gasteiger partial charge in [-0.25, -0.2) is 0 Å². The van der Waals surface area contributed by atoms with Gasteiger partial charge in [-0.15, -0.1) is 0 Å². The molecule has 5 nitrogen and oxygen atoms in total. The highest BCUT2D eigenvalue weighted by Crippen LogP contribution is 2.12. The van der Waals surface area contributed by atoms with Gasteiger partial charge in [0, 0.05) is 0 Å². The molecule has 0 radical (unpaired) electrons. The average Bonchev–Trinajstić information content (AvgIpc) is 1.93. The summed E-state index contributed by atoms with van der Waals surface area (Å²) in [4.78, 5) is 0. The monoisotopic (exact) mass is 150 g/mol. The number of hydrogen-bond donors (Lipinski definition) is 4. The molecule has 1 fully saturated rings. The molecule has 1 rings (SSSR count). The lowest BCUT2D eigenvalue weighted by Crippen LogP contribution is -2.52. The maximum absolute atomic E-state index is 8.88. The van der Waals surface area contributed by atoms with E-state index >= 15 is 0 Å². The van der Waals surface area contributed by atoms with Crippen LogP contribution >= 0.6 is 0 Å². The van der Waals surface area contributed by atoms with Crippen LogP contribution in [0, 0.1) is 0 Å². The van der Waals surface area contributed by atoms with Gasteiger partial charge < -0.3 is 25.2 Å². The Morgan fingerprint density at radius 3 is 2.10 bits per heavy atom. The third-order valence-corrected chi connectivity index (χ3v) is 1.47. The first-order chi connectivity index (χ1) is 4.63. The van der Waals surface area contributed by atoms with E-state index in [-0.39, 0.29) is 6.61 Å². The van der Waals surface area contributed by atoms with E-state index in [0.717, 1.165) is 0 Å². The molecule has 4 N–H and O–H groups in total. The highest BCUT2D eigenvalue weighted by atomic mass is 16.6. The third-order valence-electron chi connectivity index (χ3n) is 1.47. The van der Waals surface area contributed by atoms with E-state index in [2.05, 4.69) is 4.74 Å². The van der Waals surface area contributed by atoms with Crippen LogP contribution in [-0.2, 0) is 4.74 Å². The Labute approximate surface area is 57.5 Å². The molecule has 0 bridgehead atoms. The first-order valence-corrected chi connectivity index (χ1v) is 2.97. The molecule has 1 aliphatic heterocycles. The van der Waals surface area contributed by atoms with Crippen molar-refractivity contribution < 1.29 is 25.2 Å². The van der Waals surface area contributed by atoms with Crippen molar-refractivity contribution in [3.8, 4) is 0 Å². The zero-order chi connectivity index (χ0) is 7.72. The Balaban J connectivity index is 2.52. The van der Waals surface area contributed by atoms with Crippen molar-refractivity contribution in [2.75, 3.05) is 6.61 Å². The van der Waals surface area contributed by atoms with Crippen LogP contribution in [0.2, 0.25) is 0 Å². The molecule has 5 heteroatoms. The quantitative estimate of drug-likeness (QED) is 0.304. The van der Waals surface area contributed by atoms with Crippen LogP contribution in [0.1, 0.15) is 0 Å². The molecule has 0 spiro atoms. The number of aliphatic hydroxyl groups is 4. The fourth-order valence-electron chi connectivity index (χ4n) is 0.791. The first kappa shape index (κ1) is 7.90. The average molecular weight is 150 g/mol. The van der Waals surface area contributed by atoms with Crippen molar-refractivity contribution in [1.82, 2.24) is 0 Å². The molecule has 0 amide bonds. The van der Waals surface area contributed by atoms with E-state index in [9.17, 15) is 0 Å². The highest BCUT2D eigenvalue weighted by Gasteiger charge is 2.36. The Morgan fingerprint density at radius 1 is 1.00 bits per heavy atom. The molecule has 1 heterocycles. The molecule has 60 valence electrons. The molecule has 4 atom stereocenters. The molecular weight excluding hydrogens is 140 g/mol. The second kappa shape index (κ2) is 2.81. The third kappa shape index (κ3) is 1.28. The molecule has 0 aromatic heterocycles. The molecule has 10 heavy (non-hydrogen) atoms. The molecular formula is C5H10O5. The lowest BCUT2D eigenvalue weighted by molar-refractivity contribution is -0.252. The van der Waals surface area contributed by atoms with Gasteiger partial charge in [-0.3, -0.25) is 0 Å². The summed E-state index contributed by atoms with van der Waals surface area (Å²) >= 11 is 0.